The summed E-state index contributed by atoms with van der Waals surface area (Å²) in [6.45, 7) is 1.46. The Kier molecular flexibility index (Phi) is 4.57. The van der Waals surface area contributed by atoms with Gasteiger partial charge in [-0.1, -0.05) is 6.07 Å². The van der Waals surface area contributed by atoms with E-state index >= 15 is 0 Å². The number of nitrogens with one attached hydrogen (secondary N) is 1. The zero-order valence-electron chi connectivity index (χ0n) is 11.5. The lowest BCUT2D eigenvalue weighted by atomic mass is 10.1. The first-order valence-corrected chi connectivity index (χ1v) is 6.56. The van der Waals surface area contributed by atoms with E-state index in [1.54, 1.807) is 31.4 Å². The van der Waals surface area contributed by atoms with Crippen molar-refractivity contribution >= 4 is 11.8 Å². The number of ether oxygens (including phenoxy) is 1. The fraction of sp³-hybridized carbons (Fsp3) is 0.429. The highest BCUT2D eigenvalue weighted by Gasteiger charge is 2.28. The number of methoxy groups -OCH3 is 1. The standard InChI is InChI=1S/C14H19N3O3/c1-20-12-4-2-3-10(7-12)14(19)17(9-13(15)18)11-5-6-16-8-11/h2-4,7,11,16H,5-6,8-9H2,1H3,(H2,15,18). The fourth-order valence-corrected chi connectivity index (χ4v) is 2.36. The van der Waals surface area contributed by atoms with Gasteiger partial charge >= 0.3 is 0 Å². The molecule has 0 spiro atoms. The first-order valence-electron chi connectivity index (χ1n) is 6.56. The summed E-state index contributed by atoms with van der Waals surface area (Å²) in [6, 6.07) is 6.90. The Bertz CT molecular complexity index is 498. The van der Waals surface area contributed by atoms with E-state index in [4.69, 9.17) is 10.5 Å². The summed E-state index contributed by atoms with van der Waals surface area (Å²) in [4.78, 5) is 25.3. The summed E-state index contributed by atoms with van der Waals surface area (Å²) in [6.07, 6.45) is 0.822. The van der Waals surface area contributed by atoms with Crippen LogP contribution in [-0.2, 0) is 4.79 Å². The minimum Gasteiger partial charge on any atom is -0.497 e. The molecule has 0 bridgehead atoms. The van der Waals surface area contributed by atoms with Crippen molar-refractivity contribution in [3.63, 3.8) is 0 Å². The minimum atomic E-state index is -0.506. The van der Waals surface area contributed by atoms with Crippen LogP contribution in [0.15, 0.2) is 24.3 Å². The zero-order valence-corrected chi connectivity index (χ0v) is 11.5. The Balaban J connectivity index is 2.22. The molecule has 1 aliphatic heterocycles. The highest BCUT2D eigenvalue weighted by Crippen LogP contribution is 2.17. The van der Waals surface area contributed by atoms with E-state index in [2.05, 4.69) is 5.32 Å². The molecular formula is C14H19N3O3. The van der Waals surface area contributed by atoms with Crippen molar-refractivity contribution in [1.82, 2.24) is 10.2 Å². The summed E-state index contributed by atoms with van der Waals surface area (Å²) < 4.78 is 5.12. The number of benzene rings is 1. The van der Waals surface area contributed by atoms with Crippen LogP contribution in [0.4, 0.5) is 0 Å². The smallest absolute Gasteiger partial charge is 0.254 e. The predicted molar refractivity (Wildman–Crippen MR) is 74.5 cm³/mol. The number of amides is 2. The van der Waals surface area contributed by atoms with Gasteiger partial charge in [0.05, 0.1) is 13.7 Å². The second-order valence-electron chi connectivity index (χ2n) is 4.78. The average molecular weight is 277 g/mol. The molecule has 3 N–H and O–H groups in total. The molecule has 1 aliphatic rings. The lowest BCUT2D eigenvalue weighted by Crippen LogP contribution is -2.46. The largest absolute Gasteiger partial charge is 0.497 e. The van der Waals surface area contributed by atoms with Crippen molar-refractivity contribution < 1.29 is 14.3 Å². The van der Waals surface area contributed by atoms with Crippen LogP contribution >= 0.6 is 0 Å². The van der Waals surface area contributed by atoms with E-state index in [1.807, 2.05) is 0 Å². The lowest BCUT2D eigenvalue weighted by Gasteiger charge is -2.27. The van der Waals surface area contributed by atoms with E-state index in [9.17, 15) is 9.59 Å². The van der Waals surface area contributed by atoms with Crippen LogP contribution in [0.3, 0.4) is 0 Å². The van der Waals surface area contributed by atoms with Gasteiger partial charge in [-0.05, 0) is 31.2 Å². The van der Waals surface area contributed by atoms with Gasteiger partial charge in [0.2, 0.25) is 5.91 Å². The van der Waals surface area contributed by atoms with Gasteiger partial charge in [-0.3, -0.25) is 9.59 Å². The predicted octanol–water partition coefficient (Wildman–Crippen LogP) is -0.0154. The van der Waals surface area contributed by atoms with Crippen LogP contribution in [0.5, 0.6) is 5.75 Å². The maximum Gasteiger partial charge on any atom is 0.254 e. The van der Waals surface area contributed by atoms with Crippen LogP contribution in [0.2, 0.25) is 0 Å². The maximum atomic E-state index is 12.6. The number of carbonyl (C=O) groups is 2. The van der Waals surface area contributed by atoms with Crippen LogP contribution in [0, 0.1) is 0 Å². The van der Waals surface area contributed by atoms with E-state index in [0.717, 1.165) is 13.0 Å². The van der Waals surface area contributed by atoms with E-state index in [0.29, 0.717) is 17.9 Å². The molecule has 1 heterocycles. The lowest BCUT2D eigenvalue weighted by molar-refractivity contribution is -0.119. The number of nitrogens with zero attached hydrogens (tertiary/aromatic N) is 1. The number of primary amides is 1. The number of hydrogen-bond donors (Lipinski definition) is 2. The van der Waals surface area contributed by atoms with Gasteiger partial charge in [0, 0.05) is 18.2 Å². The monoisotopic (exact) mass is 277 g/mol. The molecule has 108 valence electrons. The molecule has 1 atom stereocenters. The first-order chi connectivity index (χ1) is 9.61. The molecule has 0 radical (unpaired) electrons. The summed E-state index contributed by atoms with van der Waals surface area (Å²) in [7, 11) is 1.55. The maximum absolute atomic E-state index is 12.6. The van der Waals surface area contributed by atoms with Crippen molar-refractivity contribution in [1.29, 1.82) is 0 Å². The summed E-state index contributed by atoms with van der Waals surface area (Å²) >= 11 is 0. The molecule has 1 unspecified atom stereocenters. The van der Waals surface area contributed by atoms with Crippen molar-refractivity contribution in [2.75, 3.05) is 26.7 Å². The van der Waals surface area contributed by atoms with Crippen LogP contribution in [0.1, 0.15) is 16.8 Å². The third-order valence-corrected chi connectivity index (χ3v) is 3.38. The van der Waals surface area contributed by atoms with Gasteiger partial charge in [0.1, 0.15) is 5.75 Å². The number of hydrogen-bond acceptors (Lipinski definition) is 4. The van der Waals surface area contributed by atoms with Gasteiger partial charge in [-0.25, -0.2) is 0 Å². The van der Waals surface area contributed by atoms with Crippen LogP contribution in [-0.4, -0.2) is 49.5 Å². The molecule has 1 aromatic rings. The number of nitrogens with two attached hydrogens (primary N) is 1. The molecule has 20 heavy (non-hydrogen) atoms. The summed E-state index contributed by atoms with van der Waals surface area (Å²) in [5.74, 6) is -0.0935. The molecule has 0 aromatic heterocycles. The molecule has 1 saturated heterocycles. The van der Waals surface area contributed by atoms with Crippen molar-refractivity contribution in [2.45, 2.75) is 12.5 Å². The molecule has 6 nitrogen and oxygen atoms in total. The molecule has 1 fully saturated rings. The number of carbonyl (C=O) groups excluding carboxylic acids is 2. The summed E-state index contributed by atoms with van der Waals surface area (Å²) in [5, 5.41) is 3.18. The second-order valence-corrected chi connectivity index (χ2v) is 4.78. The fourth-order valence-electron chi connectivity index (χ4n) is 2.36. The Hall–Kier alpha value is -2.08. The van der Waals surface area contributed by atoms with Gasteiger partial charge in [0.25, 0.3) is 5.91 Å². The van der Waals surface area contributed by atoms with Crippen LogP contribution in [0.25, 0.3) is 0 Å². The Morgan fingerprint density at radius 1 is 1.50 bits per heavy atom. The van der Waals surface area contributed by atoms with Crippen molar-refractivity contribution in [3.8, 4) is 5.75 Å². The highest BCUT2D eigenvalue weighted by molar-refractivity contribution is 5.97. The molecular weight excluding hydrogens is 258 g/mol. The van der Waals surface area contributed by atoms with E-state index in [-0.39, 0.29) is 18.5 Å². The summed E-state index contributed by atoms with van der Waals surface area (Å²) in [5.41, 5.74) is 5.75. The Morgan fingerprint density at radius 2 is 2.30 bits per heavy atom. The van der Waals surface area contributed by atoms with Crippen molar-refractivity contribution in [2.24, 2.45) is 5.73 Å². The Labute approximate surface area is 117 Å². The van der Waals surface area contributed by atoms with Gasteiger partial charge in [0.15, 0.2) is 0 Å². The third kappa shape index (κ3) is 3.27. The van der Waals surface area contributed by atoms with Crippen LogP contribution < -0.4 is 15.8 Å². The molecule has 2 rings (SSSR count). The second kappa shape index (κ2) is 6.38. The minimum absolute atomic E-state index is 0.00111. The van der Waals surface area contributed by atoms with E-state index in [1.165, 1.54) is 4.90 Å². The quantitative estimate of drug-likeness (QED) is 0.792. The normalized spacial score (nSPS) is 17.8. The zero-order chi connectivity index (χ0) is 14.5. The molecule has 2 amide bonds. The molecule has 0 aliphatic carbocycles. The SMILES string of the molecule is COc1cccc(C(=O)N(CC(N)=O)C2CCNC2)c1. The molecule has 1 aromatic carbocycles. The van der Waals surface area contributed by atoms with E-state index < -0.39 is 5.91 Å². The Morgan fingerprint density at radius 3 is 2.90 bits per heavy atom. The highest BCUT2D eigenvalue weighted by atomic mass is 16.5. The topological polar surface area (TPSA) is 84.7 Å². The first kappa shape index (κ1) is 14.3. The van der Waals surface area contributed by atoms with Gasteiger partial charge in [-0.15, -0.1) is 0 Å². The van der Waals surface area contributed by atoms with Crippen molar-refractivity contribution in [3.05, 3.63) is 29.8 Å². The molecule has 0 saturated carbocycles. The van der Waals surface area contributed by atoms with Gasteiger partial charge < -0.3 is 20.7 Å². The average Bonchev–Trinajstić information content (AvgIpc) is 2.98. The third-order valence-electron chi connectivity index (χ3n) is 3.38. The van der Waals surface area contributed by atoms with Gasteiger partial charge in [-0.2, -0.15) is 0 Å². The molecule has 6 heteroatoms. The number of rotatable bonds is 5.